The van der Waals surface area contributed by atoms with E-state index in [1.807, 2.05) is 32.9 Å². The van der Waals surface area contributed by atoms with Gasteiger partial charge < -0.3 is 15.2 Å². The Hall–Kier alpha value is -1.06. The van der Waals surface area contributed by atoms with Crippen LogP contribution in [0.2, 0.25) is 0 Å². The van der Waals surface area contributed by atoms with Crippen molar-refractivity contribution in [2.75, 3.05) is 13.7 Å². The number of rotatable bonds is 5. The molecule has 0 amide bonds. The van der Waals surface area contributed by atoms with E-state index < -0.39 is 0 Å². The Balaban J connectivity index is 2.68. The number of aryl methyl sites for hydroxylation is 1. The topological polar surface area (TPSA) is 44.5 Å². The predicted octanol–water partition coefficient (Wildman–Crippen LogP) is 2.43. The van der Waals surface area contributed by atoms with Gasteiger partial charge >= 0.3 is 0 Å². The van der Waals surface area contributed by atoms with Crippen LogP contribution in [0.15, 0.2) is 18.2 Å². The molecule has 0 aliphatic carbocycles. The third-order valence-corrected chi connectivity index (χ3v) is 2.60. The van der Waals surface area contributed by atoms with Crippen molar-refractivity contribution in [1.82, 2.24) is 0 Å². The van der Waals surface area contributed by atoms with Crippen LogP contribution in [-0.2, 0) is 4.74 Å². The maximum absolute atomic E-state index is 5.82. The predicted molar refractivity (Wildman–Crippen MR) is 65.7 cm³/mol. The maximum Gasteiger partial charge on any atom is 0.122 e. The molecule has 16 heavy (non-hydrogen) atoms. The Bertz CT molecular complexity index is 337. The summed E-state index contributed by atoms with van der Waals surface area (Å²) in [5, 5.41) is 0. The molecule has 0 bridgehead atoms. The summed E-state index contributed by atoms with van der Waals surface area (Å²) >= 11 is 0. The minimum atomic E-state index is 0.0608. The van der Waals surface area contributed by atoms with Gasteiger partial charge in [0.05, 0.1) is 6.10 Å². The molecule has 2 atom stereocenters. The van der Waals surface area contributed by atoms with Gasteiger partial charge in [-0.05, 0) is 38.0 Å². The summed E-state index contributed by atoms with van der Waals surface area (Å²) < 4.78 is 10.8. The van der Waals surface area contributed by atoms with Crippen LogP contribution in [0.3, 0.4) is 0 Å². The second kappa shape index (κ2) is 5.87. The second-order valence-electron chi connectivity index (χ2n) is 4.17. The van der Waals surface area contributed by atoms with Crippen LogP contribution in [0.4, 0.5) is 0 Å². The molecule has 3 heteroatoms. The van der Waals surface area contributed by atoms with E-state index in [9.17, 15) is 0 Å². The highest BCUT2D eigenvalue weighted by molar-refractivity contribution is 5.37. The molecule has 1 aromatic rings. The fourth-order valence-electron chi connectivity index (χ4n) is 1.39. The summed E-state index contributed by atoms with van der Waals surface area (Å²) in [5.41, 5.74) is 8.05. The van der Waals surface area contributed by atoms with Crippen LogP contribution in [0.5, 0.6) is 5.75 Å². The van der Waals surface area contributed by atoms with E-state index in [1.165, 1.54) is 0 Å². The van der Waals surface area contributed by atoms with Crippen molar-refractivity contribution in [3.8, 4) is 5.75 Å². The first-order valence-electron chi connectivity index (χ1n) is 5.56. The highest BCUT2D eigenvalue weighted by Gasteiger charge is 2.06. The van der Waals surface area contributed by atoms with Gasteiger partial charge in [-0.1, -0.05) is 12.1 Å². The Morgan fingerprint density at radius 1 is 1.31 bits per heavy atom. The van der Waals surface area contributed by atoms with Crippen molar-refractivity contribution >= 4 is 0 Å². The van der Waals surface area contributed by atoms with Crippen molar-refractivity contribution in [3.05, 3.63) is 29.3 Å². The molecule has 0 saturated heterocycles. The van der Waals surface area contributed by atoms with Crippen LogP contribution in [0.25, 0.3) is 0 Å². The Morgan fingerprint density at radius 2 is 2.00 bits per heavy atom. The second-order valence-corrected chi connectivity index (χ2v) is 4.17. The fraction of sp³-hybridized carbons (Fsp3) is 0.538. The number of ether oxygens (including phenoxy) is 2. The van der Waals surface area contributed by atoms with E-state index in [2.05, 4.69) is 6.07 Å². The number of nitrogens with two attached hydrogens (primary N) is 1. The quantitative estimate of drug-likeness (QED) is 0.833. The molecule has 0 fully saturated rings. The number of methoxy groups -OCH3 is 1. The van der Waals surface area contributed by atoms with Gasteiger partial charge in [0.15, 0.2) is 0 Å². The van der Waals surface area contributed by atoms with Gasteiger partial charge in [-0.15, -0.1) is 0 Å². The van der Waals surface area contributed by atoms with E-state index in [1.54, 1.807) is 7.11 Å². The molecular weight excluding hydrogens is 202 g/mol. The molecule has 0 aromatic heterocycles. The minimum absolute atomic E-state index is 0.0608. The molecule has 0 aliphatic heterocycles. The number of hydrogen-bond donors (Lipinski definition) is 1. The van der Waals surface area contributed by atoms with E-state index in [0.717, 1.165) is 16.9 Å². The Morgan fingerprint density at radius 3 is 2.50 bits per heavy atom. The van der Waals surface area contributed by atoms with Gasteiger partial charge in [0.25, 0.3) is 0 Å². The molecule has 0 aliphatic rings. The summed E-state index contributed by atoms with van der Waals surface area (Å²) in [6, 6.07) is 6.10. The molecular formula is C13H21NO2. The summed E-state index contributed by atoms with van der Waals surface area (Å²) in [4.78, 5) is 0. The summed E-state index contributed by atoms with van der Waals surface area (Å²) in [6.45, 7) is 6.54. The first-order chi connectivity index (χ1) is 7.54. The SMILES string of the molecule is COC(C)COc1ccc([C@@H](C)N)cc1C. The minimum Gasteiger partial charge on any atom is -0.491 e. The smallest absolute Gasteiger partial charge is 0.122 e. The van der Waals surface area contributed by atoms with Crippen molar-refractivity contribution in [3.63, 3.8) is 0 Å². The highest BCUT2D eigenvalue weighted by atomic mass is 16.5. The first-order valence-corrected chi connectivity index (χ1v) is 5.56. The lowest BCUT2D eigenvalue weighted by molar-refractivity contribution is 0.0714. The van der Waals surface area contributed by atoms with E-state index in [0.29, 0.717) is 6.61 Å². The Kier molecular flexibility index (Phi) is 4.77. The summed E-state index contributed by atoms with van der Waals surface area (Å²) in [5.74, 6) is 0.897. The highest BCUT2D eigenvalue weighted by Crippen LogP contribution is 2.22. The molecule has 1 rings (SSSR count). The van der Waals surface area contributed by atoms with Crippen LogP contribution in [-0.4, -0.2) is 19.8 Å². The zero-order valence-electron chi connectivity index (χ0n) is 10.5. The van der Waals surface area contributed by atoms with Gasteiger partial charge in [0.2, 0.25) is 0 Å². The van der Waals surface area contributed by atoms with Crippen molar-refractivity contribution in [2.24, 2.45) is 5.73 Å². The van der Waals surface area contributed by atoms with Gasteiger partial charge in [-0.25, -0.2) is 0 Å². The third-order valence-electron chi connectivity index (χ3n) is 2.60. The molecule has 1 unspecified atom stereocenters. The largest absolute Gasteiger partial charge is 0.491 e. The van der Waals surface area contributed by atoms with E-state index in [-0.39, 0.29) is 12.1 Å². The van der Waals surface area contributed by atoms with Crippen molar-refractivity contribution in [2.45, 2.75) is 32.9 Å². The zero-order valence-corrected chi connectivity index (χ0v) is 10.5. The van der Waals surface area contributed by atoms with Crippen LogP contribution in [0, 0.1) is 6.92 Å². The average molecular weight is 223 g/mol. The van der Waals surface area contributed by atoms with Crippen LogP contribution >= 0.6 is 0 Å². The van der Waals surface area contributed by atoms with Gasteiger partial charge in [-0.3, -0.25) is 0 Å². The molecule has 0 saturated carbocycles. The number of benzene rings is 1. The summed E-state index contributed by atoms with van der Waals surface area (Å²) in [6.07, 6.45) is 0.104. The molecule has 2 N–H and O–H groups in total. The van der Waals surface area contributed by atoms with Gasteiger partial charge in [0.1, 0.15) is 12.4 Å². The zero-order chi connectivity index (χ0) is 12.1. The molecule has 3 nitrogen and oxygen atoms in total. The van der Waals surface area contributed by atoms with E-state index >= 15 is 0 Å². The first kappa shape index (κ1) is 13.0. The lowest BCUT2D eigenvalue weighted by Crippen LogP contribution is -2.16. The van der Waals surface area contributed by atoms with Crippen molar-refractivity contribution in [1.29, 1.82) is 0 Å². The average Bonchev–Trinajstić information content (AvgIpc) is 2.26. The number of hydrogen-bond acceptors (Lipinski definition) is 3. The fourth-order valence-corrected chi connectivity index (χ4v) is 1.39. The molecule has 0 heterocycles. The monoisotopic (exact) mass is 223 g/mol. The lowest BCUT2D eigenvalue weighted by Gasteiger charge is -2.14. The molecule has 0 radical (unpaired) electrons. The molecule has 90 valence electrons. The molecule has 1 aromatic carbocycles. The third kappa shape index (κ3) is 3.51. The van der Waals surface area contributed by atoms with E-state index in [4.69, 9.17) is 15.2 Å². The van der Waals surface area contributed by atoms with Crippen LogP contribution in [0.1, 0.15) is 31.0 Å². The normalized spacial score (nSPS) is 14.6. The Labute approximate surface area is 97.6 Å². The summed E-state index contributed by atoms with van der Waals surface area (Å²) in [7, 11) is 1.68. The van der Waals surface area contributed by atoms with Gasteiger partial charge in [0, 0.05) is 13.2 Å². The van der Waals surface area contributed by atoms with Gasteiger partial charge in [-0.2, -0.15) is 0 Å². The maximum atomic E-state index is 5.82. The van der Waals surface area contributed by atoms with Crippen LogP contribution < -0.4 is 10.5 Å². The van der Waals surface area contributed by atoms with Crippen molar-refractivity contribution < 1.29 is 9.47 Å². The lowest BCUT2D eigenvalue weighted by atomic mass is 10.1. The standard InChI is InChI=1S/C13H21NO2/c1-9-7-12(11(3)14)5-6-13(9)16-8-10(2)15-4/h5-7,10-11H,8,14H2,1-4H3/t10?,11-/m1/s1. The molecule has 0 spiro atoms.